The van der Waals surface area contributed by atoms with Gasteiger partial charge >= 0.3 is 5.97 Å². The van der Waals surface area contributed by atoms with E-state index in [1.54, 1.807) is 11.5 Å². The number of rotatable bonds is 10. The molecule has 8 nitrogen and oxygen atoms in total. The highest BCUT2D eigenvalue weighted by Crippen LogP contribution is 2.26. The lowest BCUT2D eigenvalue weighted by Gasteiger charge is -2.10. The van der Waals surface area contributed by atoms with E-state index in [4.69, 9.17) is 20.8 Å². The molecule has 0 unspecified atom stereocenters. The van der Waals surface area contributed by atoms with Gasteiger partial charge in [-0.3, -0.25) is 14.8 Å². The third kappa shape index (κ3) is 5.77. The summed E-state index contributed by atoms with van der Waals surface area (Å²) in [7, 11) is 0. The molecular weight excluding hydrogens is 406 g/mol. The highest BCUT2D eigenvalue weighted by atomic mass is 32.1. The first-order chi connectivity index (χ1) is 14.5. The van der Waals surface area contributed by atoms with E-state index >= 15 is 0 Å². The minimum Gasteiger partial charge on any atom is -0.494 e. The van der Waals surface area contributed by atoms with E-state index in [1.807, 2.05) is 42.5 Å². The minimum absolute atomic E-state index is 0.248. The molecule has 0 spiro atoms. The van der Waals surface area contributed by atoms with Crippen molar-refractivity contribution in [3.63, 3.8) is 0 Å². The van der Waals surface area contributed by atoms with Gasteiger partial charge in [0.15, 0.2) is 0 Å². The SMILES string of the molecule is N[C@H](CCOc1ccc(CNCc2ccc3cc(C(=O)NO)sc3c2)cc1)C(=O)O. The van der Waals surface area contributed by atoms with E-state index < -0.39 is 17.9 Å². The molecule has 158 valence electrons. The van der Waals surface area contributed by atoms with Crippen molar-refractivity contribution in [2.24, 2.45) is 5.73 Å². The number of carboxylic acids is 1. The number of nitrogens with two attached hydrogens (primary N) is 1. The van der Waals surface area contributed by atoms with Crippen LogP contribution in [0.15, 0.2) is 48.5 Å². The molecule has 0 aliphatic carbocycles. The van der Waals surface area contributed by atoms with E-state index in [0.29, 0.717) is 23.7 Å². The second kappa shape index (κ2) is 10.2. The summed E-state index contributed by atoms with van der Waals surface area (Å²) in [5.41, 5.74) is 9.28. The molecular formula is C21H23N3O5S. The van der Waals surface area contributed by atoms with Crippen LogP contribution in [0.4, 0.5) is 0 Å². The summed E-state index contributed by atoms with van der Waals surface area (Å²) in [6.07, 6.45) is 0.249. The summed E-state index contributed by atoms with van der Waals surface area (Å²) in [5, 5.41) is 21.8. The largest absolute Gasteiger partial charge is 0.494 e. The Kier molecular flexibility index (Phi) is 7.36. The van der Waals surface area contributed by atoms with Crippen LogP contribution in [-0.2, 0) is 17.9 Å². The summed E-state index contributed by atoms with van der Waals surface area (Å²) in [6, 6.07) is 14.4. The standard InChI is InChI=1S/C21H23N3O5S/c22-17(21(26)27)7-8-29-16-5-2-13(3-6-16)11-23-12-14-1-4-15-10-19(20(25)24-28)30-18(15)9-14/h1-6,9-10,17,23,28H,7-8,11-12,22H2,(H,24,25)(H,26,27)/t17-/m1/s1. The average Bonchev–Trinajstić information content (AvgIpc) is 3.17. The van der Waals surface area contributed by atoms with Gasteiger partial charge in [-0.25, -0.2) is 5.48 Å². The molecule has 0 fully saturated rings. The number of carbonyl (C=O) groups is 2. The Morgan fingerprint density at radius 2 is 1.77 bits per heavy atom. The molecule has 0 bridgehead atoms. The first-order valence-electron chi connectivity index (χ1n) is 9.34. The topological polar surface area (TPSA) is 134 Å². The van der Waals surface area contributed by atoms with Crippen molar-refractivity contribution < 1.29 is 24.6 Å². The zero-order chi connectivity index (χ0) is 21.5. The Bertz CT molecular complexity index is 1020. The van der Waals surface area contributed by atoms with Crippen LogP contribution >= 0.6 is 11.3 Å². The summed E-state index contributed by atoms with van der Waals surface area (Å²) < 4.78 is 6.50. The van der Waals surface area contributed by atoms with Crippen molar-refractivity contribution in [1.29, 1.82) is 0 Å². The van der Waals surface area contributed by atoms with Crippen LogP contribution in [0.25, 0.3) is 10.1 Å². The molecule has 0 aliphatic heterocycles. The molecule has 0 saturated carbocycles. The molecule has 1 amide bonds. The fraction of sp³-hybridized carbons (Fsp3) is 0.238. The number of amides is 1. The van der Waals surface area contributed by atoms with Gasteiger partial charge in [0.2, 0.25) is 0 Å². The van der Waals surface area contributed by atoms with Crippen LogP contribution in [0, 0.1) is 0 Å². The third-order valence-corrected chi connectivity index (χ3v) is 5.60. The Hall–Kier alpha value is -2.98. The van der Waals surface area contributed by atoms with Crippen molar-refractivity contribution in [3.8, 4) is 5.75 Å². The normalized spacial score (nSPS) is 11.9. The van der Waals surface area contributed by atoms with Crippen molar-refractivity contribution in [1.82, 2.24) is 10.8 Å². The van der Waals surface area contributed by atoms with Crippen LogP contribution in [0.2, 0.25) is 0 Å². The van der Waals surface area contributed by atoms with Gasteiger partial charge < -0.3 is 20.9 Å². The molecule has 1 atom stereocenters. The van der Waals surface area contributed by atoms with Gasteiger partial charge in [-0.2, -0.15) is 0 Å². The molecule has 30 heavy (non-hydrogen) atoms. The molecule has 0 radical (unpaired) electrons. The highest BCUT2D eigenvalue weighted by molar-refractivity contribution is 7.20. The fourth-order valence-electron chi connectivity index (χ4n) is 2.83. The van der Waals surface area contributed by atoms with Crippen LogP contribution in [0.1, 0.15) is 27.2 Å². The summed E-state index contributed by atoms with van der Waals surface area (Å²) in [5.74, 6) is -0.871. The Morgan fingerprint density at radius 3 is 2.47 bits per heavy atom. The first kappa shape index (κ1) is 21.7. The third-order valence-electron chi connectivity index (χ3n) is 4.51. The molecule has 0 aliphatic rings. The van der Waals surface area contributed by atoms with Crippen molar-refractivity contribution >= 4 is 33.3 Å². The number of hydrogen-bond donors (Lipinski definition) is 5. The number of fused-ring (bicyclic) bond motifs is 1. The molecule has 6 N–H and O–H groups in total. The number of nitrogens with one attached hydrogen (secondary N) is 2. The van der Waals surface area contributed by atoms with Gasteiger partial charge in [0.1, 0.15) is 11.8 Å². The average molecular weight is 429 g/mol. The molecule has 0 saturated heterocycles. The molecule has 1 heterocycles. The number of thiophene rings is 1. The summed E-state index contributed by atoms with van der Waals surface area (Å²) in [6.45, 7) is 1.59. The van der Waals surface area contributed by atoms with Crippen molar-refractivity contribution in [3.05, 3.63) is 64.5 Å². The number of hydroxylamine groups is 1. The smallest absolute Gasteiger partial charge is 0.320 e. The van der Waals surface area contributed by atoms with Crippen LogP contribution in [-0.4, -0.2) is 34.8 Å². The van der Waals surface area contributed by atoms with Gasteiger partial charge in [0.05, 0.1) is 11.5 Å². The number of carbonyl (C=O) groups excluding carboxylic acids is 1. The van der Waals surface area contributed by atoms with E-state index in [-0.39, 0.29) is 13.0 Å². The molecule has 1 aromatic heterocycles. The predicted molar refractivity (Wildman–Crippen MR) is 114 cm³/mol. The van der Waals surface area contributed by atoms with Crippen molar-refractivity contribution in [2.45, 2.75) is 25.6 Å². The minimum atomic E-state index is -1.03. The van der Waals surface area contributed by atoms with Crippen LogP contribution < -0.4 is 21.3 Å². The Balaban J connectivity index is 1.47. The maximum absolute atomic E-state index is 11.5. The predicted octanol–water partition coefficient (Wildman–Crippen LogP) is 2.49. The lowest BCUT2D eigenvalue weighted by atomic mass is 10.1. The van der Waals surface area contributed by atoms with Crippen LogP contribution in [0.5, 0.6) is 5.75 Å². The van der Waals surface area contributed by atoms with Gasteiger partial charge in [0.25, 0.3) is 5.91 Å². The Morgan fingerprint density at radius 1 is 1.07 bits per heavy atom. The number of ether oxygens (including phenoxy) is 1. The molecule has 3 aromatic rings. The van der Waals surface area contributed by atoms with E-state index in [1.165, 1.54) is 11.3 Å². The van der Waals surface area contributed by atoms with E-state index in [9.17, 15) is 9.59 Å². The summed E-state index contributed by atoms with van der Waals surface area (Å²) in [4.78, 5) is 22.7. The second-order valence-corrected chi connectivity index (χ2v) is 7.84. The number of benzene rings is 2. The molecule has 9 heteroatoms. The van der Waals surface area contributed by atoms with E-state index in [0.717, 1.165) is 21.2 Å². The lowest BCUT2D eigenvalue weighted by Crippen LogP contribution is -2.31. The van der Waals surface area contributed by atoms with Crippen molar-refractivity contribution in [2.75, 3.05) is 6.61 Å². The van der Waals surface area contributed by atoms with Gasteiger partial charge in [0, 0.05) is 24.2 Å². The number of hydrogen-bond acceptors (Lipinski definition) is 7. The van der Waals surface area contributed by atoms with Gasteiger partial charge in [-0.15, -0.1) is 11.3 Å². The Labute approximate surface area is 177 Å². The maximum Gasteiger partial charge on any atom is 0.320 e. The number of carboxylic acid groups (broad SMARTS) is 1. The van der Waals surface area contributed by atoms with Gasteiger partial charge in [-0.1, -0.05) is 24.3 Å². The molecule has 2 aromatic carbocycles. The second-order valence-electron chi connectivity index (χ2n) is 6.75. The quantitative estimate of drug-likeness (QED) is 0.247. The zero-order valence-corrected chi connectivity index (χ0v) is 16.9. The maximum atomic E-state index is 11.5. The number of aliphatic carboxylic acids is 1. The molecule has 3 rings (SSSR count). The highest BCUT2D eigenvalue weighted by Gasteiger charge is 2.11. The monoisotopic (exact) mass is 429 g/mol. The fourth-order valence-corrected chi connectivity index (χ4v) is 3.85. The summed E-state index contributed by atoms with van der Waals surface area (Å²) >= 11 is 1.33. The van der Waals surface area contributed by atoms with Crippen LogP contribution in [0.3, 0.4) is 0 Å². The zero-order valence-electron chi connectivity index (χ0n) is 16.1. The van der Waals surface area contributed by atoms with Gasteiger partial charge in [-0.05, 0) is 40.8 Å². The van der Waals surface area contributed by atoms with E-state index in [2.05, 4.69) is 5.32 Å². The first-order valence-corrected chi connectivity index (χ1v) is 10.2. The lowest BCUT2D eigenvalue weighted by molar-refractivity contribution is -0.138.